The average molecular weight is 521 g/mol. The minimum Gasteiger partial charge on any atom is -0.760 e. The number of hydrogen-bond donors (Lipinski definition) is 0. The van der Waals surface area contributed by atoms with Gasteiger partial charge in [0, 0.05) is 17.5 Å². The van der Waals surface area contributed by atoms with Gasteiger partial charge in [-0.25, -0.2) is 9.29 Å². The Bertz CT molecular complexity index is 747. The minimum absolute atomic E-state index is 0. The van der Waals surface area contributed by atoms with E-state index in [4.69, 9.17) is 4.42 Å². The SMILES string of the molecule is C/C=C\C.C=CN=C.CN(Cc1ncc(-c2nnc(C(F)F)o2)s1)S(=O)[O-].[CH3-].[Rb+]. The topological polar surface area (TPSA) is 108 Å². The van der Waals surface area contributed by atoms with Gasteiger partial charge in [-0.05, 0) is 27.6 Å². The van der Waals surface area contributed by atoms with Gasteiger partial charge in [-0.1, -0.05) is 18.7 Å². The number of aromatic nitrogens is 3. The molecular formula is C16H23F2N5O3RbS2-. The number of thiazole rings is 1. The van der Waals surface area contributed by atoms with Gasteiger partial charge in [-0.2, -0.15) is 8.78 Å². The molecule has 2 aromatic heterocycles. The normalized spacial score (nSPS) is 10.8. The predicted octanol–water partition coefficient (Wildman–Crippen LogP) is 1.22. The third kappa shape index (κ3) is 14.3. The molecule has 0 spiro atoms. The smallest absolute Gasteiger partial charge is 0.760 e. The number of alkyl halides is 2. The first-order valence-corrected chi connectivity index (χ1v) is 9.16. The second kappa shape index (κ2) is 19.6. The summed E-state index contributed by atoms with van der Waals surface area (Å²) in [6.45, 7) is 10.4. The van der Waals surface area contributed by atoms with Crippen molar-refractivity contribution in [3.05, 3.63) is 49.5 Å². The molecule has 2 aromatic rings. The Morgan fingerprint density at radius 3 is 2.34 bits per heavy atom. The number of rotatable bonds is 6. The quantitative estimate of drug-likeness (QED) is 0.245. The molecule has 8 nitrogen and oxygen atoms in total. The third-order valence-corrected chi connectivity index (χ3v) is 4.07. The van der Waals surface area contributed by atoms with Crippen molar-refractivity contribution in [2.24, 2.45) is 4.99 Å². The Balaban J connectivity index is -0.000000582. The van der Waals surface area contributed by atoms with Gasteiger partial charge in [-0.3, -0.25) is 9.20 Å². The molecule has 0 aromatic carbocycles. The average Bonchev–Trinajstić information content (AvgIpc) is 3.31. The van der Waals surface area contributed by atoms with Gasteiger partial charge in [0.15, 0.2) is 0 Å². The maximum absolute atomic E-state index is 12.3. The zero-order valence-corrected chi connectivity index (χ0v) is 23.6. The van der Waals surface area contributed by atoms with E-state index in [2.05, 4.69) is 33.5 Å². The van der Waals surface area contributed by atoms with E-state index in [-0.39, 0.29) is 78.0 Å². The van der Waals surface area contributed by atoms with Crippen LogP contribution in [0.5, 0.6) is 0 Å². The molecule has 13 heteroatoms. The zero-order valence-electron chi connectivity index (χ0n) is 17.0. The van der Waals surface area contributed by atoms with Gasteiger partial charge in [0.25, 0.3) is 11.8 Å². The molecule has 0 bridgehead atoms. The van der Waals surface area contributed by atoms with Crippen LogP contribution in [0, 0.1) is 7.43 Å². The molecule has 158 valence electrons. The van der Waals surface area contributed by atoms with Crippen LogP contribution in [0.3, 0.4) is 0 Å². The zero-order chi connectivity index (χ0) is 20.8. The Kier molecular flexibility index (Phi) is 22.5. The predicted molar refractivity (Wildman–Crippen MR) is 107 cm³/mol. The Labute approximate surface area is 225 Å². The van der Waals surface area contributed by atoms with Crippen LogP contribution >= 0.6 is 11.3 Å². The van der Waals surface area contributed by atoms with E-state index >= 15 is 0 Å². The molecule has 0 fully saturated rings. The van der Waals surface area contributed by atoms with E-state index in [9.17, 15) is 17.5 Å². The summed E-state index contributed by atoms with van der Waals surface area (Å²) >= 11 is -1.26. The van der Waals surface area contributed by atoms with E-state index in [1.807, 2.05) is 26.0 Å². The van der Waals surface area contributed by atoms with Gasteiger partial charge in [0.2, 0.25) is 0 Å². The number of hydrogen-bond acceptors (Lipinski definition) is 8. The third-order valence-electron chi connectivity index (χ3n) is 2.47. The van der Waals surface area contributed by atoms with Crippen LogP contribution < -0.4 is 58.2 Å². The Morgan fingerprint density at radius 1 is 1.41 bits per heavy atom. The van der Waals surface area contributed by atoms with Crippen LogP contribution in [0.1, 0.15) is 31.2 Å². The molecule has 0 saturated carbocycles. The van der Waals surface area contributed by atoms with Crippen LogP contribution in [-0.2, 0) is 17.8 Å². The summed E-state index contributed by atoms with van der Waals surface area (Å²) in [5.41, 5.74) is 0. The van der Waals surface area contributed by atoms with Crippen molar-refractivity contribution in [3.8, 4) is 10.8 Å². The number of nitrogens with zero attached hydrogens (tertiary/aromatic N) is 5. The van der Waals surface area contributed by atoms with Crippen molar-refractivity contribution in [1.29, 1.82) is 0 Å². The molecular weight excluding hydrogens is 498 g/mol. The fourth-order valence-electron chi connectivity index (χ4n) is 1.15. The summed E-state index contributed by atoms with van der Waals surface area (Å²) in [6, 6.07) is 0. The van der Waals surface area contributed by atoms with Crippen LogP contribution in [0.15, 0.2) is 40.5 Å². The second-order valence-electron chi connectivity index (χ2n) is 4.40. The van der Waals surface area contributed by atoms with Crippen molar-refractivity contribution >= 4 is 29.3 Å². The van der Waals surface area contributed by atoms with Gasteiger partial charge < -0.3 is 16.4 Å². The van der Waals surface area contributed by atoms with Gasteiger partial charge in [0.05, 0.1) is 12.7 Å². The summed E-state index contributed by atoms with van der Waals surface area (Å²) in [5, 5.41) is 7.15. The first kappa shape index (κ1) is 33.3. The molecule has 0 N–H and O–H groups in total. The number of allylic oxidation sites excluding steroid dienone is 2. The van der Waals surface area contributed by atoms with Crippen LogP contribution in [0.25, 0.3) is 10.8 Å². The molecule has 1 unspecified atom stereocenters. The van der Waals surface area contributed by atoms with E-state index in [0.717, 1.165) is 15.6 Å². The molecule has 0 radical (unpaired) electrons. The molecule has 29 heavy (non-hydrogen) atoms. The van der Waals surface area contributed by atoms with Crippen molar-refractivity contribution in [2.75, 3.05) is 7.05 Å². The second-order valence-corrected chi connectivity index (χ2v) is 6.57. The summed E-state index contributed by atoms with van der Waals surface area (Å²) in [4.78, 5) is 7.61. The molecule has 2 rings (SSSR count). The van der Waals surface area contributed by atoms with Gasteiger partial charge in [-0.15, -0.1) is 21.5 Å². The maximum atomic E-state index is 12.3. The molecule has 1 atom stereocenters. The monoisotopic (exact) mass is 520 g/mol. The maximum Gasteiger partial charge on any atom is 1.00 e. The molecule has 0 saturated heterocycles. The Morgan fingerprint density at radius 2 is 1.97 bits per heavy atom. The summed E-state index contributed by atoms with van der Waals surface area (Å²) < 4.78 is 51.6. The van der Waals surface area contributed by atoms with Crippen LogP contribution in [0.2, 0.25) is 0 Å². The largest absolute Gasteiger partial charge is 1.00 e. The van der Waals surface area contributed by atoms with E-state index in [1.54, 1.807) is 0 Å². The minimum atomic E-state index is -2.83. The van der Waals surface area contributed by atoms with Crippen LogP contribution in [-0.4, -0.2) is 42.0 Å². The van der Waals surface area contributed by atoms with Crippen molar-refractivity contribution < 1.29 is 80.1 Å². The van der Waals surface area contributed by atoms with E-state index < -0.39 is 23.6 Å². The van der Waals surface area contributed by atoms with Crippen LogP contribution in [0.4, 0.5) is 8.78 Å². The van der Waals surface area contributed by atoms with Gasteiger partial charge in [0.1, 0.15) is 9.88 Å². The van der Waals surface area contributed by atoms with Gasteiger partial charge >= 0.3 is 64.6 Å². The Hall–Kier alpha value is -0.345. The first-order valence-electron chi connectivity index (χ1n) is 7.31. The van der Waals surface area contributed by atoms with Crippen molar-refractivity contribution in [1.82, 2.24) is 19.5 Å². The number of aliphatic imine (C=N–C) groups is 1. The molecule has 0 amide bonds. The number of halogens is 2. The first-order chi connectivity index (χ1) is 12.8. The van der Waals surface area contributed by atoms with E-state index in [0.29, 0.717) is 9.88 Å². The van der Waals surface area contributed by atoms with E-state index in [1.165, 1.54) is 19.4 Å². The van der Waals surface area contributed by atoms with Crippen molar-refractivity contribution in [3.63, 3.8) is 0 Å². The summed E-state index contributed by atoms with van der Waals surface area (Å²) in [7, 11) is 1.38. The fourth-order valence-corrected chi connectivity index (χ4v) is 2.35. The summed E-state index contributed by atoms with van der Waals surface area (Å²) in [5.74, 6) is -0.826. The fraction of sp³-hybridized carbons (Fsp3) is 0.312. The molecule has 0 aliphatic rings. The summed E-state index contributed by atoms with van der Waals surface area (Å²) in [6.07, 6.45) is 3.92. The molecule has 0 aliphatic heterocycles. The standard InChI is InChI=1S/C8H8F2N4O3S2.C4H8.C3H5N.CH3.Rb/c1-14(19(15)16)3-5-11-2-4(18-5)7-12-13-8(17-7)6(9)10;2*1-3-4-2;;/h2,6H,3H2,1H3,(H,15,16);3-4H,1-2H3;3H,1-2H2;1H3;/q;;;-1;+1/p-1/b;4-3-;;;. The molecule has 2 heterocycles. The van der Waals surface area contributed by atoms with Crippen molar-refractivity contribution in [2.45, 2.75) is 26.8 Å². The molecule has 0 aliphatic carbocycles.